The molecule has 12 heavy (non-hydrogen) atoms. The number of allylic oxidation sites excluding steroid dienone is 2. The van der Waals surface area contributed by atoms with E-state index in [0.717, 1.165) is 5.92 Å². The van der Waals surface area contributed by atoms with Crippen LogP contribution in [0.5, 0.6) is 0 Å². The summed E-state index contributed by atoms with van der Waals surface area (Å²) in [7, 11) is 0. The minimum absolute atomic E-state index is 0.917. The minimum atomic E-state index is 0.917. The highest BCUT2D eigenvalue weighted by Gasteiger charge is 1.99. The van der Waals surface area contributed by atoms with Gasteiger partial charge in [-0.2, -0.15) is 0 Å². The predicted octanol–water partition coefficient (Wildman–Crippen LogP) is 4.56. The van der Waals surface area contributed by atoms with Crippen LogP contribution in [0, 0.1) is 5.92 Å². The van der Waals surface area contributed by atoms with Crippen molar-refractivity contribution in [1.29, 1.82) is 0 Å². The highest BCUT2D eigenvalue weighted by atomic mass is 14.0. The summed E-state index contributed by atoms with van der Waals surface area (Å²) in [6.45, 7) is 9.03. The summed E-state index contributed by atoms with van der Waals surface area (Å²) in [5.41, 5.74) is 1.62. The van der Waals surface area contributed by atoms with E-state index in [1.54, 1.807) is 5.57 Å². The molecule has 72 valence electrons. The van der Waals surface area contributed by atoms with Gasteiger partial charge in [0.05, 0.1) is 0 Å². The lowest BCUT2D eigenvalue weighted by Crippen LogP contribution is -1.92. The lowest BCUT2D eigenvalue weighted by atomic mass is 9.98. The van der Waals surface area contributed by atoms with Crippen molar-refractivity contribution in [2.45, 2.75) is 59.8 Å². The molecule has 0 aliphatic carbocycles. The molecular formula is C12H24. The van der Waals surface area contributed by atoms with Gasteiger partial charge in [-0.25, -0.2) is 0 Å². The van der Waals surface area contributed by atoms with E-state index in [2.05, 4.69) is 33.8 Å². The minimum Gasteiger partial charge on any atom is -0.0885 e. The van der Waals surface area contributed by atoms with Crippen molar-refractivity contribution in [3.8, 4) is 0 Å². The summed E-state index contributed by atoms with van der Waals surface area (Å²) >= 11 is 0. The molecular weight excluding hydrogens is 144 g/mol. The maximum Gasteiger partial charge on any atom is -0.0320 e. The largest absolute Gasteiger partial charge is 0.0885 e. The first-order valence-corrected chi connectivity index (χ1v) is 5.38. The number of hydrogen-bond acceptors (Lipinski definition) is 0. The van der Waals surface area contributed by atoms with E-state index in [1.807, 2.05) is 0 Å². The Bertz CT molecular complexity index is 122. The van der Waals surface area contributed by atoms with Gasteiger partial charge in [-0.1, -0.05) is 45.3 Å². The van der Waals surface area contributed by atoms with E-state index in [9.17, 15) is 0 Å². The second-order valence-electron chi connectivity index (χ2n) is 3.71. The first kappa shape index (κ1) is 11.7. The zero-order chi connectivity index (χ0) is 9.40. The van der Waals surface area contributed by atoms with Gasteiger partial charge in [0.2, 0.25) is 0 Å². The molecule has 0 aliphatic heterocycles. The summed E-state index contributed by atoms with van der Waals surface area (Å²) < 4.78 is 0. The average molecular weight is 168 g/mol. The van der Waals surface area contributed by atoms with Gasteiger partial charge in [0, 0.05) is 0 Å². The molecule has 0 nitrogen and oxygen atoms in total. The molecule has 0 aliphatic rings. The zero-order valence-corrected chi connectivity index (χ0v) is 9.19. The molecule has 0 saturated carbocycles. The molecule has 0 bridgehead atoms. The Hall–Kier alpha value is -0.260. The van der Waals surface area contributed by atoms with Crippen LogP contribution < -0.4 is 0 Å². The molecule has 0 heteroatoms. The first-order valence-electron chi connectivity index (χ1n) is 5.38. The van der Waals surface area contributed by atoms with E-state index >= 15 is 0 Å². The summed E-state index contributed by atoms with van der Waals surface area (Å²) in [5.74, 6) is 0.917. The van der Waals surface area contributed by atoms with Gasteiger partial charge in [0.15, 0.2) is 0 Å². The second kappa shape index (κ2) is 7.39. The van der Waals surface area contributed by atoms with E-state index < -0.39 is 0 Å². The van der Waals surface area contributed by atoms with Gasteiger partial charge in [-0.3, -0.25) is 0 Å². The second-order valence-corrected chi connectivity index (χ2v) is 3.71. The van der Waals surface area contributed by atoms with Crippen molar-refractivity contribution < 1.29 is 0 Å². The lowest BCUT2D eigenvalue weighted by molar-refractivity contribution is 0.493. The number of hydrogen-bond donors (Lipinski definition) is 0. The molecule has 0 aromatic heterocycles. The average Bonchev–Trinajstić information content (AvgIpc) is 2.12. The van der Waals surface area contributed by atoms with Crippen LogP contribution in [0.1, 0.15) is 59.8 Å². The van der Waals surface area contributed by atoms with Crippen LogP contribution in [0.25, 0.3) is 0 Å². The molecule has 0 radical (unpaired) electrons. The number of rotatable bonds is 6. The molecule has 0 saturated heterocycles. The fourth-order valence-electron chi connectivity index (χ4n) is 1.41. The summed E-state index contributed by atoms with van der Waals surface area (Å²) in [6.07, 6.45) is 8.93. The molecule has 0 amide bonds. The van der Waals surface area contributed by atoms with Crippen LogP contribution in [0.15, 0.2) is 11.6 Å². The Morgan fingerprint density at radius 3 is 2.42 bits per heavy atom. The van der Waals surface area contributed by atoms with Crippen molar-refractivity contribution in [2.75, 3.05) is 0 Å². The maximum atomic E-state index is 2.35. The fourth-order valence-corrected chi connectivity index (χ4v) is 1.41. The monoisotopic (exact) mass is 168 g/mol. The topological polar surface area (TPSA) is 0 Å². The molecule has 1 unspecified atom stereocenters. The van der Waals surface area contributed by atoms with Crippen molar-refractivity contribution in [1.82, 2.24) is 0 Å². The van der Waals surface area contributed by atoms with Crippen LogP contribution in [0.2, 0.25) is 0 Å². The quantitative estimate of drug-likeness (QED) is 0.510. The third kappa shape index (κ3) is 5.40. The Kier molecular flexibility index (Phi) is 7.23. The highest BCUT2D eigenvalue weighted by molar-refractivity contribution is 4.98. The molecule has 0 spiro atoms. The molecule has 0 rings (SSSR count). The van der Waals surface area contributed by atoms with E-state index in [-0.39, 0.29) is 0 Å². The van der Waals surface area contributed by atoms with E-state index in [1.165, 1.54) is 32.1 Å². The Labute approximate surface area is 78.1 Å². The normalized spacial score (nSPS) is 14.8. The molecule has 0 N–H and O–H groups in total. The van der Waals surface area contributed by atoms with Crippen LogP contribution in [0.3, 0.4) is 0 Å². The fraction of sp³-hybridized carbons (Fsp3) is 0.833. The third-order valence-electron chi connectivity index (χ3n) is 2.75. The van der Waals surface area contributed by atoms with Crippen molar-refractivity contribution in [3.63, 3.8) is 0 Å². The van der Waals surface area contributed by atoms with Crippen LogP contribution in [0.4, 0.5) is 0 Å². The summed E-state index contributed by atoms with van der Waals surface area (Å²) in [5, 5.41) is 0. The standard InChI is InChI=1S/C12H24/c1-5-11(4)9-8-10-12(6-2)7-3/h6,11H,5,7-10H2,1-4H3/b12-6+. The Balaban J connectivity index is 3.42. The van der Waals surface area contributed by atoms with E-state index in [4.69, 9.17) is 0 Å². The first-order chi connectivity index (χ1) is 5.74. The third-order valence-corrected chi connectivity index (χ3v) is 2.75. The smallest absolute Gasteiger partial charge is 0.0320 e. The summed E-state index contributed by atoms with van der Waals surface area (Å²) in [6, 6.07) is 0. The molecule has 1 atom stereocenters. The van der Waals surface area contributed by atoms with Crippen molar-refractivity contribution >= 4 is 0 Å². The van der Waals surface area contributed by atoms with Gasteiger partial charge in [-0.15, -0.1) is 0 Å². The van der Waals surface area contributed by atoms with Gasteiger partial charge < -0.3 is 0 Å². The van der Waals surface area contributed by atoms with Gasteiger partial charge in [0.25, 0.3) is 0 Å². The maximum absolute atomic E-state index is 2.35. The van der Waals surface area contributed by atoms with Crippen LogP contribution >= 0.6 is 0 Å². The van der Waals surface area contributed by atoms with Gasteiger partial charge in [0.1, 0.15) is 0 Å². The zero-order valence-electron chi connectivity index (χ0n) is 9.19. The Morgan fingerprint density at radius 1 is 1.33 bits per heavy atom. The van der Waals surface area contributed by atoms with Crippen LogP contribution in [-0.2, 0) is 0 Å². The summed E-state index contributed by atoms with van der Waals surface area (Å²) in [4.78, 5) is 0. The van der Waals surface area contributed by atoms with Gasteiger partial charge >= 0.3 is 0 Å². The van der Waals surface area contributed by atoms with Crippen molar-refractivity contribution in [3.05, 3.63) is 11.6 Å². The molecule has 0 aromatic carbocycles. The van der Waals surface area contributed by atoms with Crippen molar-refractivity contribution in [2.24, 2.45) is 5.92 Å². The molecule has 0 heterocycles. The van der Waals surface area contributed by atoms with E-state index in [0.29, 0.717) is 0 Å². The highest BCUT2D eigenvalue weighted by Crippen LogP contribution is 2.16. The van der Waals surface area contributed by atoms with Gasteiger partial charge in [-0.05, 0) is 32.1 Å². The molecule has 0 fully saturated rings. The predicted molar refractivity (Wildman–Crippen MR) is 57.4 cm³/mol. The SMILES string of the molecule is C/C=C(\CC)CCCC(C)CC. The van der Waals surface area contributed by atoms with Crippen LogP contribution in [-0.4, -0.2) is 0 Å². The lowest BCUT2D eigenvalue weighted by Gasteiger charge is -2.08. The Morgan fingerprint density at radius 2 is 2.00 bits per heavy atom. The molecule has 0 aromatic rings.